The highest BCUT2D eigenvalue weighted by Crippen LogP contribution is 1.96. The molecule has 1 aromatic heterocycles. The highest BCUT2D eigenvalue weighted by atomic mass is 15.1. The third-order valence-corrected chi connectivity index (χ3v) is 1.37. The maximum Gasteiger partial charge on any atom is 0.225 e. The van der Waals surface area contributed by atoms with Crippen molar-refractivity contribution in [3.8, 4) is 0 Å². The molecule has 5 heteroatoms. The van der Waals surface area contributed by atoms with Crippen LogP contribution in [0.5, 0.6) is 0 Å². The zero-order valence-electron chi connectivity index (χ0n) is 7.12. The van der Waals surface area contributed by atoms with Gasteiger partial charge in [0.2, 0.25) is 5.95 Å². The number of nitrogens with two attached hydrogens (primary N) is 1. The molecule has 0 atom stereocenters. The molecule has 0 aromatic carbocycles. The van der Waals surface area contributed by atoms with E-state index in [4.69, 9.17) is 5.73 Å². The molecule has 0 fully saturated rings. The smallest absolute Gasteiger partial charge is 0.225 e. The van der Waals surface area contributed by atoms with E-state index in [0.717, 1.165) is 12.2 Å². The molecular formula is C7H13N5. The van der Waals surface area contributed by atoms with Crippen LogP contribution in [-0.2, 0) is 6.42 Å². The van der Waals surface area contributed by atoms with Gasteiger partial charge < -0.3 is 11.1 Å². The fourth-order valence-electron chi connectivity index (χ4n) is 0.770. The maximum absolute atomic E-state index is 5.31. The van der Waals surface area contributed by atoms with Crippen LogP contribution in [0.25, 0.3) is 0 Å². The van der Waals surface area contributed by atoms with Crippen LogP contribution in [0.3, 0.4) is 0 Å². The number of nitrogens with zero attached hydrogens (tertiary/aromatic N) is 3. The van der Waals surface area contributed by atoms with Crippen LogP contribution in [0.4, 0.5) is 5.95 Å². The second kappa shape index (κ2) is 4.61. The lowest BCUT2D eigenvalue weighted by Gasteiger charge is -2.02. The molecule has 0 aliphatic rings. The molecule has 0 radical (unpaired) electrons. The van der Waals surface area contributed by atoms with E-state index in [1.54, 1.807) is 0 Å². The number of anilines is 1. The monoisotopic (exact) mass is 167 g/mol. The third kappa shape index (κ3) is 2.43. The van der Waals surface area contributed by atoms with Crippen molar-refractivity contribution < 1.29 is 0 Å². The predicted octanol–water partition coefficient (Wildman–Crippen LogP) is -0.195. The Balaban J connectivity index is 2.60. The lowest BCUT2D eigenvalue weighted by Crippen LogP contribution is -2.15. The van der Waals surface area contributed by atoms with Gasteiger partial charge >= 0.3 is 0 Å². The van der Waals surface area contributed by atoms with Gasteiger partial charge in [0.05, 0.1) is 0 Å². The van der Waals surface area contributed by atoms with Crippen molar-refractivity contribution in [1.29, 1.82) is 0 Å². The summed E-state index contributed by atoms with van der Waals surface area (Å²) < 4.78 is 0. The second-order valence-electron chi connectivity index (χ2n) is 2.29. The fourth-order valence-corrected chi connectivity index (χ4v) is 0.770. The predicted molar refractivity (Wildman–Crippen MR) is 46.7 cm³/mol. The van der Waals surface area contributed by atoms with Crippen molar-refractivity contribution >= 4 is 5.95 Å². The summed E-state index contributed by atoms with van der Waals surface area (Å²) in [7, 11) is 0. The molecule has 1 heterocycles. The summed E-state index contributed by atoms with van der Waals surface area (Å²) in [6.45, 7) is 3.27. The molecule has 66 valence electrons. The number of nitrogens with one attached hydrogen (secondary N) is 1. The van der Waals surface area contributed by atoms with E-state index in [-0.39, 0.29) is 0 Å². The third-order valence-electron chi connectivity index (χ3n) is 1.37. The zero-order valence-corrected chi connectivity index (χ0v) is 7.12. The molecule has 0 saturated heterocycles. The normalized spacial score (nSPS) is 9.83. The number of aryl methyl sites for hydroxylation is 1. The van der Waals surface area contributed by atoms with E-state index < -0.39 is 0 Å². The summed E-state index contributed by atoms with van der Waals surface area (Å²) in [5.74, 6) is 1.40. The SMILES string of the molecule is CCc1ncnc(NCCN)n1. The average Bonchev–Trinajstić information content (AvgIpc) is 2.15. The van der Waals surface area contributed by atoms with Gasteiger partial charge in [0, 0.05) is 19.5 Å². The van der Waals surface area contributed by atoms with E-state index in [0.29, 0.717) is 19.0 Å². The first-order chi connectivity index (χ1) is 5.86. The Bertz CT molecular complexity index is 237. The molecule has 0 spiro atoms. The first-order valence-electron chi connectivity index (χ1n) is 3.98. The van der Waals surface area contributed by atoms with E-state index in [9.17, 15) is 0 Å². The molecule has 0 saturated carbocycles. The Morgan fingerprint density at radius 1 is 1.50 bits per heavy atom. The molecule has 0 aliphatic carbocycles. The first kappa shape index (κ1) is 8.86. The zero-order chi connectivity index (χ0) is 8.81. The first-order valence-corrected chi connectivity index (χ1v) is 3.98. The van der Waals surface area contributed by atoms with Crippen molar-refractivity contribution in [2.75, 3.05) is 18.4 Å². The van der Waals surface area contributed by atoms with Crippen molar-refractivity contribution in [2.24, 2.45) is 5.73 Å². The Morgan fingerprint density at radius 2 is 2.33 bits per heavy atom. The fraction of sp³-hybridized carbons (Fsp3) is 0.571. The largest absolute Gasteiger partial charge is 0.353 e. The highest BCUT2D eigenvalue weighted by Gasteiger charge is 1.96. The van der Waals surface area contributed by atoms with Gasteiger partial charge in [-0.15, -0.1) is 0 Å². The lowest BCUT2D eigenvalue weighted by molar-refractivity contribution is 0.885. The van der Waals surface area contributed by atoms with Gasteiger partial charge in [-0.2, -0.15) is 4.98 Å². The maximum atomic E-state index is 5.31. The molecular weight excluding hydrogens is 154 g/mol. The summed E-state index contributed by atoms with van der Waals surface area (Å²) in [5.41, 5.74) is 5.31. The van der Waals surface area contributed by atoms with Gasteiger partial charge in [0.15, 0.2) is 0 Å². The standard InChI is InChI=1S/C7H13N5/c1-2-6-10-5-11-7(12-6)9-4-3-8/h5H,2-4,8H2,1H3,(H,9,10,11,12). The Morgan fingerprint density at radius 3 is 3.00 bits per heavy atom. The van der Waals surface area contributed by atoms with Crippen molar-refractivity contribution in [2.45, 2.75) is 13.3 Å². The van der Waals surface area contributed by atoms with Gasteiger partial charge in [0.1, 0.15) is 12.2 Å². The summed E-state index contributed by atoms with van der Waals surface area (Å²) in [6, 6.07) is 0. The van der Waals surface area contributed by atoms with Gasteiger partial charge in [-0.1, -0.05) is 6.92 Å². The Hall–Kier alpha value is -1.23. The summed E-state index contributed by atoms with van der Waals surface area (Å²) in [5, 5.41) is 2.98. The number of rotatable bonds is 4. The summed E-state index contributed by atoms with van der Waals surface area (Å²) >= 11 is 0. The summed E-state index contributed by atoms with van der Waals surface area (Å²) in [4.78, 5) is 12.0. The molecule has 1 aromatic rings. The minimum Gasteiger partial charge on any atom is -0.353 e. The van der Waals surface area contributed by atoms with Crippen molar-refractivity contribution in [3.05, 3.63) is 12.2 Å². The van der Waals surface area contributed by atoms with Crippen LogP contribution in [0.1, 0.15) is 12.7 Å². The number of hydrogen-bond donors (Lipinski definition) is 2. The molecule has 0 amide bonds. The molecule has 0 aliphatic heterocycles. The van der Waals surface area contributed by atoms with Crippen molar-refractivity contribution in [3.63, 3.8) is 0 Å². The van der Waals surface area contributed by atoms with Crippen LogP contribution in [0.2, 0.25) is 0 Å². The van der Waals surface area contributed by atoms with Crippen LogP contribution in [0.15, 0.2) is 6.33 Å². The summed E-state index contributed by atoms with van der Waals surface area (Å²) in [6.07, 6.45) is 2.32. The van der Waals surface area contributed by atoms with E-state index in [2.05, 4.69) is 20.3 Å². The topological polar surface area (TPSA) is 76.7 Å². The van der Waals surface area contributed by atoms with Crippen LogP contribution >= 0.6 is 0 Å². The van der Waals surface area contributed by atoms with Gasteiger partial charge in [-0.3, -0.25) is 0 Å². The molecule has 0 bridgehead atoms. The molecule has 12 heavy (non-hydrogen) atoms. The van der Waals surface area contributed by atoms with Gasteiger partial charge in [0.25, 0.3) is 0 Å². The minimum atomic E-state index is 0.577. The Labute approximate surface area is 71.4 Å². The lowest BCUT2D eigenvalue weighted by atomic mass is 10.5. The van der Waals surface area contributed by atoms with Gasteiger partial charge in [-0.25, -0.2) is 9.97 Å². The molecule has 1 rings (SSSR count). The number of hydrogen-bond acceptors (Lipinski definition) is 5. The minimum absolute atomic E-state index is 0.577. The highest BCUT2D eigenvalue weighted by molar-refractivity contribution is 5.22. The Kier molecular flexibility index (Phi) is 3.40. The second-order valence-corrected chi connectivity index (χ2v) is 2.29. The number of aromatic nitrogens is 3. The molecule has 0 unspecified atom stereocenters. The average molecular weight is 167 g/mol. The van der Waals surface area contributed by atoms with Crippen LogP contribution in [-0.4, -0.2) is 28.0 Å². The quantitative estimate of drug-likeness (QED) is 0.649. The molecule has 5 nitrogen and oxygen atoms in total. The van der Waals surface area contributed by atoms with E-state index >= 15 is 0 Å². The van der Waals surface area contributed by atoms with E-state index in [1.165, 1.54) is 6.33 Å². The van der Waals surface area contributed by atoms with Crippen LogP contribution in [0, 0.1) is 0 Å². The van der Waals surface area contributed by atoms with Gasteiger partial charge in [-0.05, 0) is 0 Å². The molecule has 3 N–H and O–H groups in total. The van der Waals surface area contributed by atoms with E-state index in [1.807, 2.05) is 6.92 Å². The van der Waals surface area contributed by atoms with Crippen molar-refractivity contribution in [1.82, 2.24) is 15.0 Å². The van der Waals surface area contributed by atoms with Crippen LogP contribution < -0.4 is 11.1 Å².